The maximum atomic E-state index is 12.1. The second-order valence-corrected chi connectivity index (χ2v) is 6.59. The molecule has 0 aromatic heterocycles. The molecule has 1 heterocycles. The molecule has 2 aliphatic carbocycles. The number of ketones is 1. The van der Waals surface area contributed by atoms with Crippen LogP contribution in [-0.4, -0.2) is 42.5 Å². The van der Waals surface area contributed by atoms with E-state index in [2.05, 4.69) is 4.90 Å². The molecule has 4 atom stereocenters. The zero-order chi connectivity index (χ0) is 13.2. The Hall–Kier alpha value is -0.410. The number of Topliss-reactive ketones (excluding diaryl/α,β-unsaturated/α-hetero) is 1. The molecule has 108 valence electrons. The van der Waals surface area contributed by atoms with Crippen molar-refractivity contribution in [1.29, 1.82) is 0 Å². The fourth-order valence-corrected chi connectivity index (χ4v) is 4.59. The van der Waals surface area contributed by atoms with E-state index in [0.29, 0.717) is 29.9 Å². The van der Waals surface area contributed by atoms with Gasteiger partial charge in [0.15, 0.2) is 0 Å². The van der Waals surface area contributed by atoms with E-state index in [1.807, 2.05) is 7.11 Å². The minimum Gasteiger partial charge on any atom is -0.381 e. The second-order valence-electron chi connectivity index (χ2n) is 6.59. The van der Waals surface area contributed by atoms with Crippen LogP contribution in [0, 0.1) is 5.92 Å². The highest BCUT2D eigenvalue weighted by Crippen LogP contribution is 2.37. The third-order valence-electron chi connectivity index (χ3n) is 5.56. The molecule has 0 aromatic carbocycles. The number of nitrogens with zero attached hydrogens (tertiary/aromatic N) is 1. The first-order chi connectivity index (χ1) is 9.29. The van der Waals surface area contributed by atoms with Crippen molar-refractivity contribution in [3.05, 3.63) is 0 Å². The summed E-state index contributed by atoms with van der Waals surface area (Å²) in [7, 11) is 1.84. The van der Waals surface area contributed by atoms with Gasteiger partial charge in [0.05, 0.1) is 6.10 Å². The molecule has 0 bridgehead atoms. The molecule has 2 saturated carbocycles. The summed E-state index contributed by atoms with van der Waals surface area (Å²) in [4.78, 5) is 14.7. The lowest BCUT2D eigenvalue weighted by Gasteiger charge is -2.39. The summed E-state index contributed by atoms with van der Waals surface area (Å²) >= 11 is 0. The van der Waals surface area contributed by atoms with Crippen molar-refractivity contribution >= 4 is 5.78 Å². The van der Waals surface area contributed by atoms with Gasteiger partial charge in [0, 0.05) is 31.5 Å². The second kappa shape index (κ2) is 5.92. The van der Waals surface area contributed by atoms with Gasteiger partial charge in [-0.15, -0.1) is 0 Å². The number of likely N-dealkylation sites (tertiary alicyclic amines) is 1. The van der Waals surface area contributed by atoms with Crippen LogP contribution in [0.1, 0.15) is 57.8 Å². The number of methoxy groups -OCH3 is 1. The van der Waals surface area contributed by atoms with Crippen LogP contribution >= 0.6 is 0 Å². The average molecular weight is 265 g/mol. The molecule has 0 aromatic rings. The smallest absolute Gasteiger partial charge is 0.137 e. The summed E-state index contributed by atoms with van der Waals surface area (Å²) < 4.78 is 5.57. The Morgan fingerprint density at radius 1 is 1.11 bits per heavy atom. The fourth-order valence-electron chi connectivity index (χ4n) is 4.59. The van der Waals surface area contributed by atoms with E-state index in [9.17, 15) is 4.79 Å². The lowest BCUT2D eigenvalue weighted by atomic mass is 9.88. The van der Waals surface area contributed by atoms with Gasteiger partial charge in [-0.25, -0.2) is 0 Å². The Kier molecular flexibility index (Phi) is 4.23. The van der Waals surface area contributed by atoms with Crippen LogP contribution in [0.3, 0.4) is 0 Å². The van der Waals surface area contributed by atoms with Gasteiger partial charge in [-0.2, -0.15) is 0 Å². The highest BCUT2D eigenvalue weighted by molar-refractivity contribution is 5.83. The van der Waals surface area contributed by atoms with Gasteiger partial charge in [0.1, 0.15) is 5.78 Å². The topological polar surface area (TPSA) is 29.5 Å². The lowest BCUT2D eigenvalue weighted by molar-refractivity contribution is -0.122. The Labute approximate surface area is 116 Å². The van der Waals surface area contributed by atoms with Crippen molar-refractivity contribution in [3.8, 4) is 0 Å². The van der Waals surface area contributed by atoms with Gasteiger partial charge in [-0.1, -0.05) is 0 Å². The minimum atomic E-state index is 0.352. The molecule has 3 rings (SSSR count). The summed E-state index contributed by atoms with van der Waals surface area (Å²) in [6, 6.07) is 1.22. The van der Waals surface area contributed by atoms with E-state index in [0.717, 1.165) is 19.3 Å². The average Bonchev–Trinajstić information content (AvgIpc) is 3.06. The molecule has 1 aliphatic heterocycles. The molecule has 3 heteroatoms. The molecule has 0 radical (unpaired) electrons. The monoisotopic (exact) mass is 265 g/mol. The Balaban J connectivity index is 1.67. The highest BCUT2D eigenvalue weighted by atomic mass is 16.5. The van der Waals surface area contributed by atoms with E-state index in [1.54, 1.807) is 0 Å². The largest absolute Gasteiger partial charge is 0.381 e. The highest BCUT2D eigenvalue weighted by Gasteiger charge is 2.41. The van der Waals surface area contributed by atoms with Crippen LogP contribution in [0.25, 0.3) is 0 Å². The fraction of sp³-hybridized carbons (Fsp3) is 0.938. The van der Waals surface area contributed by atoms with Gasteiger partial charge in [-0.3, -0.25) is 9.69 Å². The van der Waals surface area contributed by atoms with Crippen molar-refractivity contribution in [2.75, 3.05) is 13.7 Å². The number of ether oxygens (including phenoxy) is 1. The minimum absolute atomic E-state index is 0.352. The Morgan fingerprint density at radius 3 is 2.74 bits per heavy atom. The molecule has 3 fully saturated rings. The van der Waals surface area contributed by atoms with Crippen molar-refractivity contribution in [3.63, 3.8) is 0 Å². The van der Waals surface area contributed by atoms with Gasteiger partial charge < -0.3 is 4.74 Å². The van der Waals surface area contributed by atoms with Crippen LogP contribution in [0.4, 0.5) is 0 Å². The first-order valence-corrected chi connectivity index (χ1v) is 8.11. The van der Waals surface area contributed by atoms with E-state index in [4.69, 9.17) is 4.74 Å². The molecular formula is C16H27NO2. The summed E-state index contributed by atoms with van der Waals surface area (Å²) in [6.45, 7) is 1.20. The summed E-state index contributed by atoms with van der Waals surface area (Å²) in [6.07, 6.45) is 11.0. The molecule has 3 nitrogen and oxygen atoms in total. The van der Waals surface area contributed by atoms with E-state index >= 15 is 0 Å². The lowest BCUT2D eigenvalue weighted by Crippen LogP contribution is -2.46. The molecule has 1 saturated heterocycles. The molecular weight excluding hydrogens is 238 g/mol. The molecule has 0 N–H and O–H groups in total. The van der Waals surface area contributed by atoms with Crippen LogP contribution in [0.2, 0.25) is 0 Å². The first kappa shape index (κ1) is 13.6. The third kappa shape index (κ3) is 2.73. The quantitative estimate of drug-likeness (QED) is 0.786. The van der Waals surface area contributed by atoms with Crippen molar-refractivity contribution in [2.45, 2.75) is 76.0 Å². The molecule has 4 unspecified atom stereocenters. The summed E-state index contributed by atoms with van der Waals surface area (Å²) in [5.41, 5.74) is 0. The molecule has 19 heavy (non-hydrogen) atoms. The predicted octanol–water partition coefficient (Wildman–Crippen LogP) is 2.78. The van der Waals surface area contributed by atoms with Crippen molar-refractivity contribution in [2.24, 2.45) is 5.92 Å². The van der Waals surface area contributed by atoms with Gasteiger partial charge >= 0.3 is 0 Å². The predicted molar refractivity (Wildman–Crippen MR) is 75.1 cm³/mol. The number of rotatable bonds is 3. The van der Waals surface area contributed by atoms with E-state index < -0.39 is 0 Å². The molecule has 3 aliphatic rings. The number of hydrogen-bond donors (Lipinski definition) is 0. The first-order valence-electron chi connectivity index (χ1n) is 8.11. The maximum Gasteiger partial charge on any atom is 0.137 e. The van der Waals surface area contributed by atoms with Crippen molar-refractivity contribution in [1.82, 2.24) is 4.90 Å². The zero-order valence-corrected chi connectivity index (χ0v) is 12.1. The van der Waals surface area contributed by atoms with Crippen LogP contribution in [0.5, 0.6) is 0 Å². The number of carbonyl (C=O) groups excluding carboxylic acids is 1. The number of hydrogen-bond acceptors (Lipinski definition) is 3. The summed E-state index contributed by atoms with van der Waals surface area (Å²) in [5, 5.41) is 0. The maximum absolute atomic E-state index is 12.1. The molecule has 0 spiro atoms. The van der Waals surface area contributed by atoms with Gasteiger partial charge in [0.25, 0.3) is 0 Å². The summed E-state index contributed by atoms with van der Waals surface area (Å²) in [5.74, 6) is 0.890. The Morgan fingerprint density at radius 2 is 2.00 bits per heavy atom. The van der Waals surface area contributed by atoms with Crippen LogP contribution in [0.15, 0.2) is 0 Å². The van der Waals surface area contributed by atoms with Crippen molar-refractivity contribution < 1.29 is 9.53 Å². The van der Waals surface area contributed by atoms with Crippen LogP contribution in [-0.2, 0) is 9.53 Å². The van der Waals surface area contributed by atoms with E-state index in [1.165, 1.54) is 45.1 Å². The third-order valence-corrected chi connectivity index (χ3v) is 5.56. The SMILES string of the molecule is COC1CCCC(N2CCCC2C2CCCC2=O)C1. The normalized spacial score (nSPS) is 41.0. The van der Waals surface area contributed by atoms with Gasteiger partial charge in [0.2, 0.25) is 0 Å². The van der Waals surface area contributed by atoms with Crippen LogP contribution < -0.4 is 0 Å². The zero-order valence-electron chi connectivity index (χ0n) is 12.1. The number of carbonyl (C=O) groups is 1. The standard InChI is InChI=1S/C16H27NO2/c1-19-13-6-2-5-12(11-13)17-10-4-8-15(17)14-7-3-9-16(14)18/h12-15H,2-11H2,1H3. The van der Waals surface area contributed by atoms with E-state index in [-0.39, 0.29) is 0 Å². The molecule has 0 amide bonds. The van der Waals surface area contributed by atoms with Gasteiger partial charge in [-0.05, 0) is 57.9 Å². The Bertz CT molecular complexity index is 331.